The maximum absolute atomic E-state index is 13.2. The number of hydrogen-bond acceptors (Lipinski definition) is 9. The molecule has 1 aliphatic rings. The topological polar surface area (TPSA) is 262 Å². The Bertz CT molecular complexity index is 1170. The molecule has 7 unspecified atom stereocenters. The molecule has 15 heteroatoms. The lowest BCUT2D eigenvalue weighted by Crippen LogP contribution is -2.58. The van der Waals surface area contributed by atoms with Crippen LogP contribution in [0, 0.1) is 5.41 Å². The predicted molar refractivity (Wildman–Crippen MR) is 148 cm³/mol. The standard InChI is InChI=1S/C26H38N8O7/c1-12(22(36)31-13(2)23(37)34-20(26(40)41)15-7-5-4-6-8-15)32-24(38)17(33-25(39)18(27)14(3)35)11-16-9-10-30-19(16)21(28)29/h4-9,12-14,17-20,30,35H,10-11,27H2,1-3H3,(H3,28,29)(H,31,36)(H,32,38)(H,33,39)(H,34,37)(H,40,41). The Kier molecular flexibility index (Phi) is 11.9. The van der Waals surface area contributed by atoms with Gasteiger partial charge in [0, 0.05) is 6.54 Å². The quantitative estimate of drug-likeness (QED) is 0.0627. The number of aliphatic hydroxyl groups excluding tert-OH is 1. The number of nitrogens with two attached hydrogens (primary N) is 2. The van der Waals surface area contributed by atoms with E-state index >= 15 is 0 Å². The number of amidine groups is 1. The summed E-state index contributed by atoms with van der Waals surface area (Å²) >= 11 is 0. The second-order valence-electron chi connectivity index (χ2n) is 9.76. The van der Waals surface area contributed by atoms with E-state index in [0.29, 0.717) is 17.7 Å². The van der Waals surface area contributed by atoms with Gasteiger partial charge in [0.15, 0.2) is 6.04 Å². The molecule has 1 aliphatic heterocycles. The zero-order chi connectivity index (χ0) is 30.9. The van der Waals surface area contributed by atoms with Crippen molar-refractivity contribution in [3.05, 3.63) is 47.5 Å². The molecule has 41 heavy (non-hydrogen) atoms. The third-order valence-electron chi connectivity index (χ3n) is 6.43. The van der Waals surface area contributed by atoms with Crippen LogP contribution >= 0.6 is 0 Å². The minimum atomic E-state index is -1.34. The van der Waals surface area contributed by atoms with Crippen LogP contribution in [0.1, 0.15) is 38.8 Å². The fraction of sp³-hybridized carbons (Fsp3) is 0.462. The summed E-state index contributed by atoms with van der Waals surface area (Å²) in [6.45, 7) is 4.42. The Morgan fingerprint density at radius 1 is 0.951 bits per heavy atom. The van der Waals surface area contributed by atoms with E-state index in [4.69, 9.17) is 16.9 Å². The number of carboxylic acid groups (broad SMARTS) is 1. The molecule has 1 aromatic carbocycles. The third-order valence-corrected chi connectivity index (χ3v) is 6.43. The lowest BCUT2D eigenvalue weighted by molar-refractivity contribution is -0.142. The van der Waals surface area contributed by atoms with E-state index in [9.17, 15) is 34.2 Å². The Labute approximate surface area is 237 Å². The molecule has 7 atom stereocenters. The van der Waals surface area contributed by atoms with Crippen LogP contribution in [0.3, 0.4) is 0 Å². The number of hydrogen-bond donors (Lipinski definition) is 10. The molecule has 0 aliphatic carbocycles. The summed E-state index contributed by atoms with van der Waals surface area (Å²) in [7, 11) is 0. The first kappa shape index (κ1) is 32.9. The van der Waals surface area contributed by atoms with Crippen molar-refractivity contribution >= 4 is 35.4 Å². The summed E-state index contributed by atoms with van der Waals surface area (Å²) < 4.78 is 0. The molecule has 1 heterocycles. The second kappa shape index (κ2) is 14.9. The first-order valence-electron chi connectivity index (χ1n) is 12.9. The highest BCUT2D eigenvalue weighted by molar-refractivity contribution is 5.95. The molecule has 0 saturated carbocycles. The van der Waals surface area contributed by atoms with Crippen molar-refractivity contribution in [1.82, 2.24) is 26.6 Å². The fourth-order valence-corrected chi connectivity index (χ4v) is 3.98. The van der Waals surface area contributed by atoms with Crippen molar-refractivity contribution in [2.45, 2.75) is 69.5 Å². The molecule has 0 spiro atoms. The summed E-state index contributed by atoms with van der Waals surface area (Å²) in [5.74, 6) is -4.55. The summed E-state index contributed by atoms with van der Waals surface area (Å²) in [5, 5.41) is 39.6. The summed E-state index contributed by atoms with van der Waals surface area (Å²) in [6.07, 6.45) is 0.462. The van der Waals surface area contributed by atoms with Crippen molar-refractivity contribution in [3.63, 3.8) is 0 Å². The van der Waals surface area contributed by atoms with E-state index in [2.05, 4.69) is 26.6 Å². The van der Waals surface area contributed by atoms with E-state index in [1.807, 2.05) is 0 Å². The number of amides is 4. The molecule has 0 aromatic heterocycles. The largest absolute Gasteiger partial charge is 0.479 e. The number of carbonyl (C=O) groups is 5. The normalized spacial score (nSPS) is 18.9. The SMILES string of the molecule is CC(NC(=O)C(C)NC(=O)C(CC1=CCNC1C(=N)N)NC(=O)C(N)C(C)O)C(=O)NC(C(=O)O)c1ccccc1. The molecule has 4 amide bonds. The van der Waals surface area contributed by atoms with Crippen molar-refractivity contribution < 1.29 is 34.2 Å². The first-order chi connectivity index (χ1) is 19.2. The predicted octanol–water partition coefficient (Wildman–Crippen LogP) is -2.64. The van der Waals surface area contributed by atoms with E-state index in [-0.39, 0.29) is 12.3 Å². The highest BCUT2D eigenvalue weighted by atomic mass is 16.4. The average Bonchev–Trinajstić information content (AvgIpc) is 3.39. The lowest BCUT2D eigenvalue weighted by atomic mass is 9.98. The minimum absolute atomic E-state index is 0.0649. The molecule has 0 radical (unpaired) electrons. The van der Waals surface area contributed by atoms with Crippen LogP contribution in [0.2, 0.25) is 0 Å². The molecule has 0 bridgehead atoms. The highest BCUT2D eigenvalue weighted by Crippen LogP contribution is 2.16. The van der Waals surface area contributed by atoms with Gasteiger partial charge >= 0.3 is 5.97 Å². The Morgan fingerprint density at radius 2 is 1.51 bits per heavy atom. The Hall–Kier alpha value is -4.34. The molecule has 12 N–H and O–H groups in total. The molecular formula is C26H38N8O7. The summed E-state index contributed by atoms with van der Waals surface area (Å²) in [4.78, 5) is 62.8. The van der Waals surface area contributed by atoms with Crippen LogP contribution in [0.5, 0.6) is 0 Å². The molecular weight excluding hydrogens is 536 g/mol. The van der Waals surface area contributed by atoms with Crippen LogP contribution < -0.4 is 38.1 Å². The van der Waals surface area contributed by atoms with Crippen molar-refractivity contribution in [3.8, 4) is 0 Å². The maximum atomic E-state index is 13.2. The smallest absolute Gasteiger partial charge is 0.330 e. The molecule has 1 aromatic rings. The zero-order valence-corrected chi connectivity index (χ0v) is 23.0. The van der Waals surface area contributed by atoms with Crippen molar-refractivity contribution in [2.75, 3.05) is 6.54 Å². The average molecular weight is 575 g/mol. The van der Waals surface area contributed by atoms with Gasteiger partial charge in [-0.25, -0.2) is 4.79 Å². The monoisotopic (exact) mass is 574 g/mol. The van der Waals surface area contributed by atoms with E-state index in [0.717, 1.165) is 0 Å². The summed E-state index contributed by atoms with van der Waals surface area (Å²) in [5.41, 5.74) is 12.2. The number of carbonyl (C=O) groups excluding carboxylic acids is 4. The number of rotatable bonds is 14. The van der Waals surface area contributed by atoms with Gasteiger partial charge in [-0.1, -0.05) is 36.4 Å². The molecule has 2 rings (SSSR count). The van der Waals surface area contributed by atoms with Gasteiger partial charge in [-0.05, 0) is 38.3 Å². The van der Waals surface area contributed by atoms with E-state index in [1.54, 1.807) is 36.4 Å². The van der Waals surface area contributed by atoms with Gasteiger partial charge in [0.2, 0.25) is 23.6 Å². The molecule has 224 valence electrons. The van der Waals surface area contributed by atoms with E-state index in [1.165, 1.54) is 20.8 Å². The van der Waals surface area contributed by atoms with Gasteiger partial charge in [0.1, 0.15) is 30.0 Å². The van der Waals surface area contributed by atoms with Gasteiger partial charge in [-0.2, -0.15) is 0 Å². The van der Waals surface area contributed by atoms with Gasteiger partial charge < -0.3 is 48.3 Å². The third kappa shape index (κ3) is 9.37. The van der Waals surface area contributed by atoms with Crippen LogP contribution in [-0.4, -0.2) is 88.5 Å². The van der Waals surface area contributed by atoms with Crippen LogP contribution in [-0.2, 0) is 24.0 Å². The van der Waals surface area contributed by atoms with Gasteiger partial charge in [0.25, 0.3) is 0 Å². The zero-order valence-electron chi connectivity index (χ0n) is 23.0. The van der Waals surface area contributed by atoms with Gasteiger partial charge in [0.05, 0.1) is 12.1 Å². The molecule has 15 nitrogen and oxygen atoms in total. The molecule has 0 saturated heterocycles. The second-order valence-corrected chi connectivity index (χ2v) is 9.76. The highest BCUT2D eigenvalue weighted by Gasteiger charge is 2.32. The van der Waals surface area contributed by atoms with Gasteiger partial charge in [-0.3, -0.25) is 24.6 Å². The maximum Gasteiger partial charge on any atom is 0.330 e. The number of benzene rings is 1. The van der Waals surface area contributed by atoms with Gasteiger partial charge in [-0.15, -0.1) is 0 Å². The van der Waals surface area contributed by atoms with Crippen molar-refractivity contribution in [2.24, 2.45) is 11.5 Å². The van der Waals surface area contributed by atoms with Crippen LogP contribution in [0.25, 0.3) is 0 Å². The van der Waals surface area contributed by atoms with Crippen LogP contribution in [0.4, 0.5) is 0 Å². The first-order valence-corrected chi connectivity index (χ1v) is 12.9. The summed E-state index contributed by atoms with van der Waals surface area (Å²) in [6, 6.07) is 1.16. The molecule has 0 fully saturated rings. The Balaban J connectivity index is 2.07. The Morgan fingerprint density at radius 3 is 2.05 bits per heavy atom. The minimum Gasteiger partial charge on any atom is -0.479 e. The lowest BCUT2D eigenvalue weighted by Gasteiger charge is -2.25. The van der Waals surface area contributed by atoms with Crippen molar-refractivity contribution in [1.29, 1.82) is 5.41 Å². The number of carboxylic acids is 1. The van der Waals surface area contributed by atoms with E-state index < -0.39 is 72.0 Å². The number of aliphatic hydroxyl groups is 1. The number of aliphatic carboxylic acids is 1. The fourth-order valence-electron chi connectivity index (χ4n) is 3.98. The number of nitrogens with one attached hydrogen (secondary N) is 6. The van der Waals surface area contributed by atoms with Crippen LogP contribution in [0.15, 0.2) is 42.0 Å².